The molecule has 2 aromatic carbocycles. The summed E-state index contributed by atoms with van der Waals surface area (Å²) < 4.78 is 27.7. The van der Waals surface area contributed by atoms with E-state index in [2.05, 4.69) is 0 Å². The number of likely N-dealkylation sites (tertiary alicyclic amines) is 1. The average Bonchev–Trinajstić information content (AvgIpc) is 3.45. The first-order valence-corrected chi connectivity index (χ1v) is 13.2. The van der Waals surface area contributed by atoms with Gasteiger partial charge in [-0.15, -0.1) is 0 Å². The van der Waals surface area contributed by atoms with Crippen molar-refractivity contribution in [3.05, 3.63) is 59.2 Å². The molecule has 174 valence electrons. The summed E-state index contributed by atoms with van der Waals surface area (Å²) in [5, 5.41) is 0. The number of rotatable bonds is 5. The lowest BCUT2D eigenvalue weighted by atomic mass is 10.1. The van der Waals surface area contributed by atoms with Crippen LogP contribution in [0.1, 0.15) is 53.6 Å². The highest BCUT2D eigenvalue weighted by Crippen LogP contribution is 2.33. The van der Waals surface area contributed by atoms with Gasteiger partial charge in [0, 0.05) is 50.4 Å². The van der Waals surface area contributed by atoms with Gasteiger partial charge < -0.3 is 9.80 Å². The first-order valence-electron chi connectivity index (χ1n) is 11.8. The molecule has 0 atom stereocenters. The maximum absolute atomic E-state index is 13.3. The van der Waals surface area contributed by atoms with Crippen LogP contribution < -0.4 is 4.90 Å². The molecule has 0 N–H and O–H groups in total. The quantitative estimate of drug-likeness (QED) is 0.677. The van der Waals surface area contributed by atoms with Gasteiger partial charge in [-0.3, -0.25) is 9.59 Å². The number of carbonyl (C=O) groups excluding carboxylic acids is 2. The fourth-order valence-electron chi connectivity index (χ4n) is 5.05. The van der Waals surface area contributed by atoms with Gasteiger partial charge in [-0.2, -0.15) is 4.31 Å². The Morgan fingerprint density at radius 2 is 1.70 bits per heavy atom. The lowest BCUT2D eigenvalue weighted by Crippen LogP contribution is -2.35. The fourth-order valence-corrected chi connectivity index (χ4v) is 6.62. The van der Waals surface area contributed by atoms with Crippen molar-refractivity contribution in [1.82, 2.24) is 9.21 Å². The van der Waals surface area contributed by atoms with Crippen LogP contribution in [0.3, 0.4) is 0 Å². The third-order valence-electron chi connectivity index (χ3n) is 6.86. The van der Waals surface area contributed by atoms with Crippen molar-refractivity contribution in [1.29, 1.82) is 0 Å². The highest BCUT2D eigenvalue weighted by Gasteiger charge is 2.30. The van der Waals surface area contributed by atoms with Crippen LogP contribution in [-0.2, 0) is 27.8 Å². The van der Waals surface area contributed by atoms with Crippen molar-refractivity contribution in [2.45, 2.75) is 50.0 Å². The van der Waals surface area contributed by atoms with Gasteiger partial charge >= 0.3 is 0 Å². The third-order valence-corrected chi connectivity index (χ3v) is 8.76. The molecule has 7 nitrogen and oxygen atoms in total. The number of benzene rings is 2. The topological polar surface area (TPSA) is 78.0 Å². The molecule has 2 aromatic rings. The number of fused-ring (bicyclic) bond motifs is 1. The zero-order valence-corrected chi connectivity index (χ0v) is 19.5. The molecule has 0 bridgehead atoms. The number of carbonyl (C=O) groups is 2. The number of hydrogen-bond acceptors (Lipinski definition) is 4. The SMILES string of the molecule is O=C1CCCN1Cc1cccc(C(=O)N2CCc3cc(S(=O)(=O)N4CCCCC4)ccc32)c1. The first kappa shape index (κ1) is 22.1. The van der Waals surface area contributed by atoms with Crippen LogP contribution in [0.4, 0.5) is 5.69 Å². The van der Waals surface area contributed by atoms with Crippen molar-refractivity contribution in [3.63, 3.8) is 0 Å². The van der Waals surface area contributed by atoms with Gasteiger partial charge in [-0.1, -0.05) is 18.6 Å². The lowest BCUT2D eigenvalue weighted by Gasteiger charge is -2.26. The number of amides is 2. The van der Waals surface area contributed by atoms with E-state index in [9.17, 15) is 18.0 Å². The second-order valence-corrected chi connectivity index (χ2v) is 11.0. The van der Waals surface area contributed by atoms with Gasteiger partial charge in [0.05, 0.1) is 4.90 Å². The second-order valence-electron chi connectivity index (χ2n) is 9.08. The van der Waals surface area contributed by atoms with E-state index in [4.69, 9.17) is 0 Å². The highest BCUT2D eigenvalue weighted by molar-refractivity contribution is 7.89. The molecule has 2 fully saturated rings. The lowest BCUT2D eigenvalue weighted by molar-refractivity contribution is -0.128. The van der Waals surface area contributed by atoms with E-state index in [-0.39, 0.29) is 11.8 Å². The van der Waals surface area contributed by atoms with E-state index < -0.39 is 10.0 Å². The fraction of sp³-hybridized carbons (Fsp3) is 0.440. The Labute approximate surface area is 195 Å². The Kier molecular flexibility index (Phi) is 5.97. The van der Waals surface area contributed by atoms with E-state index in [0.29, 0.717) is 49.5 Å². The van der Waals surface area contributed by atoms with E-state index in [1.54, 1.807) is 33.5 Å². The van der Waals surface area contributed by atoms with Crippen LogP contribution in [0.2, 0.25) is 0 Å². The molecule has 8 heteroatoms. The second kappa shape index (κ2) is 8.91. The standard InChI is InChI=1S/C25H29N3O4S/c29-24-8-5-12-26(24)18-19-6-4-7-21(16-19)25(30)28-15-11-20-17-22(9-10-23(20)28)33(31,32)27-13-2-1-3-14-27/h4,6-7,9-10,16-17H,1-3,5,8,11-15,18H2. The minimum atomic E-state index is -3.50. The monoisotopic (exact) mass is 467 g/mol. The number of hydrogen-bond donors (Lipinski definition) is 0. The molecule has 0 radical (unpaired) electrons. The molecule has 0 unspecified atom stereocenters. The molecular formula is C25H29N3O4S. The largest absolute Gasteiger partial charge is 0.338 e. The molecule has 3 aliphatic rings. The molecule has 5 rings (SSSR count). The summed E-state index contributed by atoms with van der Waals surface area (Å²) in [6, 6.07) is 12.6. The number of piperidine rings is 1. The summed E-state index contributed by atoms with van der Waals surface area (Å²) in [7, 11) is -3.50. The van der Waals surface area contributed by atoms with E-state index in [1.165, 1.54) is 0 Å². The highest BCUT2D eigenvalue weighted by atomic mass is 32.2. The van der Waals surface area contributed by atoms with Crippen LogP contribution in [0.5, 0.6) is 0 Å². The molecule has 0 aromatic heterocycles. The van der Waals surface area contributed by atoms with E-state index >= 15 is 0 Å². The van der Waals surface area contributed by atoms with Crippen molar-refractivity contribution in [2.75, 3.05) is 31.1 Å². The predicted molar refractivity (Wildman–Crippen MR) is 126 cm³/mol. The Balaban J connectivity index is 1.35. The van der Waals surface area contributed by atoms with Crippen molar-refractivity contribution < 1.29 is 18.0 Å². The van der Waals surface area contributed by atoms with Crippen molar-refractivity contribution >= 4 is 27.5 Å². The summed E-state index contributed by atoms with van der Waals surface area (Å²) in [6.07, 6.45) is 4.99. The van der Waals surface area contributed by atoms with Gasteiger partial charge in [-0.05, 0) is 67.1 Å². The van der Waals surface area contributed by atoms with Crippen molar-refractivity contribution in [3.8, 4) is 0 Å². The first-order chi connectivity index (χ1) is 15.9. The molecule has 33 heavy (non-hydrogen) atoms. The van der Waals surface area contributed by atoms with Gasteiger partial charge in [0.1, 0.15) is 0 Å². The van der Waals surface area contributed by atoms with Crippen LogP contribution in [-0.4, -0.2) is 55.6 Å². The number of sulfonamides is 1. The number of nitrogens with zero attached hydrogens (tertiary/aromatic N) is 3. The minimum Gasteiger partial charge on any atom is -0.338 e. The van der Waals surface area contributed by atoms with Gasteiger partial charge in [0.2, 0.25) is 15.9 Å². The molecule has 3 aliphatic heterocycles. The third kappa shape index (κ3) is 4.29. The van der Waals surface area contributed by atoms with E-state index in [0.717, 1.165) is 49.0 Å². The molecule has 0 spiro atoms. The Hall–Kier alpha value is -2.71. The van der Waals surface area contributed by atoms with Crippen LogP contribution >= 0.6 is 0 Å². The summed E-state index contributed by atoms with van der Waals surface area (Å²) in [4.78, 5) is 29.1. The Morgan fingerprint density at radius 1 is 0.879 bits per heavy atom. The molecule has 0 saturated carbocycles. The van der Waals surface area contributed by atoms with Crippen LogP contribution in [0.25, 0.3) is 0 Å². The normalized spacial score (nSPS) is 19.2. The zero-order valence-electron chi connectivity index (χ0n) is 18.7. The predicted octanol–water partition coefficient (Wildman–Crippen LogP) is 3.19. The summed E-state index contributed by atoms with van der Waals surface area (Å²) in [6.45, 7) is 2.95. The average molecular weight is 468 g/mol. The Morgan fingerprint density at radius 3 is 2.45 bits per heavy atom. The van der Waals surface area contributed by atoms with Crippen LogP contribution in [0, 0.1) is 0 Å². The maximum atomic E-state index is 13.3. The summed E-state index contributed by atoms with van der Waals surface area (Å²) >= 11 is 0. The summed E-state index contributed by atoms with van der Waals surface area (Å²) in [5.41, 5.74) is 3.19. The minimum absolute atomic E-state index is 0.102. The zero-order chi connectivity index (χ0) is 23.0. The van der Waals surface area contributed by atoms with Gasteiger partial charge in [-0.25, -0.2) is 8.42 Å². The Bertz CT molecular complexity index is 1190. The molecule has 2 amide bonds. The van der Waals surface area contributed by atoms with Crippen molar-refractivity contribution in [2.24, 2.45) is 0 Å². The molecule has 2 saturated heterocycles. The van der Waals surface area contributed by atoms with Gasteiger partial charge in [0.25, 0.3) is 5.91 Å². The number of anilines is 1. The van der Waals surface area contributed by atoms with Crippen LogP contribution in [0.15, 0.2) is 47.4 Å². The molecule has 0 aliphatic carbocycles. The molecule has 3 heterocycles. The molecular weight excluding hydrogens is 438 g/mol. The summed E-state index contributed by atoms with van der Waals surface area (Å²) in [5.74, 6) is 0.0606. The smallest absolute Gasteiger partial charge is 0.258 e. The van der Waals surface area contributed by atoms with Gasteiger partial charge in [0.15, 0.2) is 0 Å². The van der Waals surface area contributed by atoms with E-state index in [1.807, 2.05) is 23.1 Å². The maximum Gasteiger partial charge on any atom is 0.258 e.